The maximum Gasteiger partial charge on any atom is 0.317 e. The first-order valence-corrected chi connectivity index (χ1v) is 7.80. The van der Waals surface area contributed by atoms with Gasteiger partial charge < -0.3 is 20.1 Å². The Morgan fingerprint density at radius 1 is 1.45 bits per heavy atom. The highest BCUT2D eigenvalue weighted by Gasteiger charge is 2.26. The second-order valence-corrected chi connectivity index (χ2v) is 5.81. The molecule has 0 aromatic rings. The lowest BCUT2D eigenvalue weighted by molar-refractivity contribution is 0.0779. The zero-order chi connectivity index (χ0) is 15.0. The minimum atomic E-state index is -0.272. The molecular weight excluding hydrogens is 256 g/mol. The van der Waals surface area contributed by atoms with Crippen molar-refractivity contribution < 1.29 is 14.6 Å². The number of methoxy groups -OCH3 is 1. The van der Waals surface area contributed by atoms with Gasteiger partial charge in [-0.15, -0.1) is 0 Å². The minimum Gasteiger partial charge on any atom is -0.393 e. The van der Waals surface area contributed by atoms with E-state index in [1.165, 1.54) is 0 Å². The maximum absolute atomic E-state index is 12.2. The number of aliphatic hydroxyl groups excluding tert-OH is 1. The molecule has 118 valence electrons. The lowest BCUT2D eigenvalue weighted by Crippen LogP contribution is -2.49. The zero-order valence-electron chi connectivity index (χ0n) is 13.1. The van der Waals surface area contributed by atoms with Crippen LogP contribution in [0.4, 0.5) is 4.79 Å². The topological polar surface area (TPSA) is 61.8 Å². The first-order chi connectivity index (χ1) is 9.58. The molecule has 1 fully saturated rings. The Morgan fingerprint density at radius 3 is 2.60 bits per heavy atom. The number of hydrogen-bond donors (Lipinski definition) is 2. The lowest BCUT2D eigenvalue weighted by atomic mass is 9.92. The molecule has 0 aliphatic carbocycles. The number of nitrogens with one attached hydrogen (secondary N) is 1. The predicted octanol–water partition coefficient (Wildman–Crippen LogP) is 1.99. The maximum atomic E-state index is 12.2. The molecule has 1 aliphatic heterocycles. The summed E-state index contributed by atoms with van der Waals surface area (Å²) in [6, 6.07) is 0.106. The summed E-state index contributed by atoms with van der Waals surface area (Å²) in [5, 5.41) is 12.6. The number of hydrogen-bond acceptors (Lipinski definition) is 3. The van der Waals surface area contributed by atoms with Crippen molar-refractivity contribution in [2.24, 2.45) is 5.92 Å². The van der Waals surface area contributed by atoms with Crippen molar-refractivity contribution in [1.29, 1.82) is 0 Å². The smallest absolute Gasteiger partial charge is 0.317 e. The Bertz CT molecular complexity index is 276. The van der Waals surface area contributed by atoms with Gasteiger partial charge in [0.25, 0.3) is 0 Å². The third-order valence-corrected chi connectivity index (χ3v) is 4.11. The molecule has 0 aromatic carbocycles. The van der Waals surface area contributed by atoms with E-state index in [0.717, 1.165) is 45.2 Å². The van der Waals surface area contributed by atoms with E-state index in [1.807, 2.05) is 11.8 Å². The van der Waals surface area contributed by atoms with Crippen molar-refractivity contribution >= 4 is 6.03 Å². The first kappa shape index (κ1) is 17.2. The summed E-state index contributed by atoms with van der Waals surface area (Å²) in [5.41, 5.74) is 0. The predicted molar refractivity (Wildman–Crippen MR) is 79.7 cm³/mol. The van der Waals surface area contributed by atoms with Crippen LogP contribution in [0.25, 0.3) is 0 Å². The molecule has 1 saturated heterocycles. The van der Waals surface area contributed by atoms with Crippen molar-refractivity contribution in [2.45, 2.75) is 58.1 Å². The Balaban J connectivity index is 2.37. The van der Waals surface area contributed by atoms with Crippen LogP contribution >= 0.6 is 0 Å². The van der Waals surface area contributed by atoms with Crippen molar-refractivity contribution in [3.8, 4) is 0 Å². The van der Waals surface area contributed by atoms with Crippen molar-refractivity contribution in [1.82, 2.24) is 10.2 Å². The van der Waals surface area contributed by atoms with Crippen LogP contribution in [0.2, 0.25) is 0 Å². The van der Waals surface area contributed by atoms with Crippen LogP contribution in [-0.2, 0) is 4.74 Å². The molecule has 1 heterocycles. The molecule has 0 aromatic heterocycles. The molecule has 20 heavy (non-hydrogen) atoms. The molecule has 0 spiro atoms. The fourth-order valence-corrected chi connectivity index (χ4v) is 2.70. The van der Waals surface area contributed by atoms with E-state index in [9.17, 15) is 9.90 Å². The molecule has 2 N–H and O–H groups in total. The van der Waals surface area contributed by atoms with Crippen LogP contribution in [0.3, 0.4) is 0 Å². The Labute approximate surface area is 122 Å². The van der Waals surface area contributed by atoms with Crippen LogP contribution in [0.15, 0.2) is 0 Å². The molecule has 2 amide bonds. The second-order valence-electron chi connectivity index (χ2n) is 5.81. The van der Waals surface area contributed by atoms with Gasteiger partial charge in [-0.25, -0.2) is 4.79 Å². The summed E-state index contributed by atoms with van der Waals surface area (Å²) < 4.78 is 5.17. The summed E-state index contributed by atoms with van der Waals surface area (Å²) in [7, 11) is 1.67. The fourth-order valence-electron chi connectivity index (χ4n) is 2.70. The van der Waals surface area contributed by atoms with Gasteiger partial charge in [0, 0.05) is 20.2 Å². The summed E-state index contributed by atoms with van der Waals surface area (Å²) in [4.78, 5) is 14.1. The Hall–Kier alpha value is -0.810. The standard InChI is InChI=1S/C15H30N2O3/c1-4-5-6-14(11-20-3)16-15(19)17-9-7-13(8-10-17)12(2)18/h12-14,18H,4-11H2,1-3H3,(H,16,19). The second kappa shape index (κ2) is 9.19. The summed E-state index contributed by atoms with van der Waals surface area (Å²) in [6.07, 6.45) is 4.67. The Morgan fingerprint density at radius 2 is 2.10 bits per heavy atom. The van der Waals surface area contributed by atoms with Gasteiger partial charge in [0.15, 0.2) is 0 Å². The van der Waals surface area contributed by atoms with Crippen molar-refractivity contribution in [3.63, 3.8) is 0 Å². The first-order valence-electron chi connectivity index (χ1n) is 7.80. The van der Waals surface area contributed by atoms with Crippen molar-refractivity contribution in [2.75, 3.05) is 26.8 Å². The van der Waals surface area contributed by atoms with Gasteiger partial charge in [-0.05, 0) is 32.1 Å². The fraction of sp³-hybridized carbons (Fsp3) is 0.933. The van der Waals surface area contributed by atoms with E-state index in [1.54, 1.807) is 7.11 Å². The molecular formula is C15H30N2O3. The van der Waals surface area contributed by atoms with Crippen LogP contribution in [0.5, 0.6) is 0 Å². The minimum absolute atomic E-state index is 0.00666. The van der Waals surface area contributed by atoms with E-state index in [0.29, 0.717) is 12.5 Å². The molecule has 0 radical (unpaired) electrons. The number of aliphatic hydroxyl groups is 1. The number of nitrogens with zero attached hydrogens (tertiary/aromatic N) is 1. The molecule has 5 heteroatoms. The normalized spacial score (nSPS) is 19.7. The lowest BCUT2D eigenvalue weighted by Gasteiger charge is -2.34. The number of amides is 2. The van der Waals surface area contributed by atoms with Gasteiger partial charge in [-0.3, -0.25) is 0 Å². The van der Waals surface area contributed by atoms with Crippen LogP contribution < -0.4 is 5.32 Å². The molecule has 2 unspecified atom stereocenters. The quantitative estimate of drug-likeness (QED) is 0.752. The summed E-state index contributed by atoms with van der Waals surface area (Å²) >= 11 is 0. The highest BCUT2D eigenvalue weighted by Crippen LogP contribution is 2.20. The Kier molecular flexibility index (Phi) is 7.92. The van der Waals surface area contributed by atoms with Crippen LogP contribution in [0.1, 0.15) is 46.0 Å². The van der Waals surface area contributed by atoms with Crippen molar-refractivity contribution in [3.05, 3.63) is 0 Å². The van der Waals surface area contributed by atoms with Gasteiger partial charge in [-0.1, -0.05) is 19.8 Å². The van der Waals surface area contributed by atoms with Crippen LogP contribution in [-0.4, -0.2) is 55.0 Å². The average molecular weight is 286 g/mol. The number of rotatable bonds is 7. The van der Waals surface area contributed by atoms with Gasteiger partial charge >= 0.3 is 6.03 Å². The van der Waals surface area contributed by atoms with Gasteiger partial charge in [0.05, 0.1) is 18.8 Å². The molecule has 0 bridgehead atoms. The average Bonchev–Trinajstić information content (AvgIpc) is 2.45. The van der Waals surface area contributed by atoms with E-state index < -0.39 is 0 Å². The number of likely N-dealkylation sites (tertiary alicyclic amines) is 1. The van der Waals surface area contributed by atoms with Crippen LogP contribution in [0, 0.1) is 5.92 Å². The molecule has 0 saturated carbocycles. The zero-order valence-corrected chi connectivity index (χ0v) is 13.1. The number of urea groups is 1. The number of piperidine rings is 1. The number of carbonyl (C=O) groups is 1. The monoisotopic (exact) mass is 286 g/mol. The molecule has 1 rings (SSSR count). The SMILES string of the molecule is CCCCC(COC)NC(=O)N1CCC(C(C)O)CC1. The summed E-state index contributed by atoms with van der Waals surface area (Å²) in [5.74, 6) is 0.328. The third-order valence-electron chi connectivity index (χ3n) is 4.11. The van der Waals surface area contributed by atoms with Gasteiger partial charge in [-0.2, -0.15) is 0 Å². The van der Waals surface area contributed by atoms with E-state index >= 15 is 0 Å². The number of unbranched alkanes of at least 4 members (excludes halogenated alkanes) is 1. The molecule has 2 atom stereocenters. The van der Waals surface area contributed by atoms with E-state index in [-0.39, 0.29) is 18.2 Å². The molecule has 1 aliphatic rings. The largest absolute Gasteiger partial charge is 0.393 e. The van der Waals surface area contributed by atoms with E-state index in [4.69, 9.17) is 4.74 Å². The third kappa shape index (κ3) is 5.67. The number of carbonyl (C=O) groups excluding carboxylic acids is 1. The number of ether oxygens (including phenoxy) is 1. The van der Waals surface area contributed by atoms with Gasteiger partial charge in [0.1, 0.15) is 0 Å². The van der Waals surface area contributed by atoms with E-state index in [2.05, 4.69) is 12.2 Å². The highest BCUT2D eigenvalue weighted by molar-refractivity contribution is 5.74. The molecule has 5 nitrogen and oxygen atoms in total. The summed E-state index contributed by atoms with van der Waals surface area (Å²) in [6.45, 7) is 6.01. The highest BCUT2D eigenvalue weighted by atomic mass is 16.5. The van der Waals surface area contributed by atoms with Gasteiger partial charge in [0.2, 0.25) is 0 Å².